The molecule has 4 nitrogen and oxygen atoms in total. The van der Waals surface area contributed by atoms with Crippen LogP contribution in [0.5, 0.6) is 0 Å². The summed E-state index contributed by atoms with van der Waals surface area (Å²) in [4.78, 5) is 18.0. The number of urea groups is 1. The first-order valence-electron chi connectivity index (χ1n) is 6.68. The first-order valence-corrected chi connectivity index (χ1v) is 6.68. The lowest BCUT2D eigenvalue weighted by Crippen LogP contribution is -2.44. The number of nitrogens with one attached hydrogen (secondary N) is 1. The summed E-state index contributed by atoms with van der Waals surface area (Å²) in [6, 6.07) is 6.13. The Kier molecular flexibility index (Phi) is 4.56. The minimum atomic E-state index is 0.00699. The second-order valence-corrected chi connectivity index (χ2v) is 4.88. The lowest BCUT2D eigenvalue weighted by molar-refractivity contribution is 0.173. The molecule has 0 saturated heterocycles. The zero-order valence-corrected chi connectivity index (χ0v) is 10.9. The zero-order valence-electron chi connectivity index (χ0n) is 10.9. The molecular formula is C14H21N3O. The fourth-order valence-corrected chi connectivity index (χ4v) is 2.43. The molecule has 0 atom stereocenters. The number of carbonyl (C=O) groups is 1. The minimum absolute atomic E-state index is 0.00699. The molecule has 0 aromatic carbocycles. The van der Waals surface area contributed by atoms with Crippen molar-refractivity contribution in [1.29, 1.82) is 0 Å². The number of carbonyl (C=O) groups excluding carboxylic acids is 1. The van der Waals surface area contributed by atoms with Gasteiger partial charge in [-0.3, -0.25) is 4.98 Å². The monoisotopic (exact) mass is 247 g/mol. The quantitative estimate of drug-likeness (QED) is 0.892. The Bertz CT molecular complexity index is 374. The van der Waals surface area contributed by atoms with E-state index in [0.717, 1.165) is 18.5 Å². The van der Waals surface area contributed by atoms with Gasteiger partial charge < -0.3 is 10.2 Å². The highest BCUT2D eigenvalue weighted by Crippen LogP contribution is 2.21. The van der Waals surface area contributed by atoms with Crippen molar-refractivity contribution in [3.05, 3.63) is 30.1 Å². The third kappa shape index (κ3) is 3.45. The molecule has 0 radical (unpaired) electrons. The summed E-state index contributed by atoms with van der Waals surface area (Å²) in [5.74, 6) is 0. The number of pyridine rings is 1. The van der Waals surface area contributed by atoms with Gasteiger partial charge in [-0.2, -0.15) is 0 Å². The molecular weight excluding hydrogens is 226 g/mol. The lowest BCUT2D eigenvalue weighted by Gasteiger charge is -2.31. The summed E-state index contributed by atoms with van der Waals surface area (Å²) in [6.07, 6.45) is 7.79. The topological polar surface area (TPSA) is 45.2 Å². The van der Waals surface area contributed by atoms with E-state index in [4.69, 9.17) is 0 Å². The van der Waals surface area contributed by atoms with Gasteiger partial charge in [0, 0.05) is 19.3 Å². The van der Waals surface area contributed by atoms with Crippen LogP contribution in [0, 0.1) is 0 Å². The largest absolute Gasteiger partial charge is 0.332 e. The maximum atomic E-state index is 12.0. The first-order chi connectivity index (χ1) is 8.77. The van der Waals surface area contributed by atoms with E-state index in [1.807, 2.05) is 30.1 Å². The van der Waals surface area contributed by atoms with Crippen LogP contribution in [-0.4, -0.2) is 29.0 Å². The smallest absolute Gasteiger partial charge is 0.317 e. The SMILES string of the molecule is CN(C(=O)NCc1ccccn1)C1CCCCC1. The fourth-order valence-electron chi connectivity index (χ4n) is 2.43. The second kappa shape index (κ2) is 6.38. The van der Waals surface area contributed by atoms with E-state index in [2.05, 4.69) is 10.3 Å². The number of rotatable bonds is 3. The highest BCUT2D eigenvalue weighted by atomic mass is 16.2. The van der Waals surface area contributed by atoms with Crippen LogP contribution >= 0.6 is 0 Å². The van der Waals surface area contributed by atoms with Gasteiger partial charge in [0.15, 0.2) is 0 Å². The zero-order chi connectivity index (χ0) is 12.8. The molecule has 98 valence electrons. The molecule has 1 aliphatic carbocycles. The summed E-state index contributed by atoms with van der Waals surface area (Å²) in [5, 5.41) is 2.92. The summed E-state index contributed by atoms with van der Waals surface area (Å²) >= 11 is 0. The molecule has 0 bridgehead atoms. The fraction of sp³-hybridized carbons (Fsp3) is 0.571. The van der Waals surface area contributed by atoms with Gasteiger partial charge in [0.2, 0.25) is 0 Å². The van der Waals surface area contributed by atoms with Crippen molar-refractivity contribution < 1.29 is 4.79 Å². The van der Waals surface area contributed by atoms with Crippen LogP contribution in [0.25, 0.3) is 0 Å². The Morgan fingerprint density at radius 1 is 1.39 bits per heavy atom. The Balaban J connectivity index is 1.80. The van der Waals surface area contributed by atoms with Crippen LogP contribution in [-0.2, 0) is 6.54 Å². The number of nitrogens with zero attached hydrogens (tertiary/aromatic N) is 2. The molecule has 1 fully saturated rings. The molecule has 0 unspecified atom stereocenters. The Hall–Kier alpha value is -1.58. The molecule has 1 heterocycles. The summed E-state index contributed by atoms with van der Waals surface area (Å²) in [7, 11) is 1.89. The maximum Gasteiger partial charge on any atom is 0.317 e. The Labute approximate surface area is 108 Å². The van der Waals surface area contributed by atoms with Crippen molar-refractivity contribution in [2.45, 2.75) is 44.7 Å². The van der Waals surface area contributed by atoms with Gasteiger partial charge in [-0.15, -0.1) is 0 Å². The Morgan fingerprint density at radius 3 is 2.83 bits per heavy atom. The predicted molar refractivity (Wildman–Crippen MR) is 71.1 cm³/mol. The number of amides is 2. The van der Waals surface area contributed by atoms with Gasteiger partial charge in [-0.1, -0.05) is 25.3 Å². The van der Waals surface area contributed by atoms with Gasteiger partial charge in [0.1, 0.15) is 0 Å². The van der Waals surface area contributed by atoms with Crippen LogP contribution in [0.1, 0.15) is 37.8 Å². The van der Waals surface area contributed by atoms with Crippen molar-refractivity contribution in [3.8, 4) is 0 Å². The van der Waals surface area contributed by atoms with Crippen LogP contribution in [0.3, 0.4) is 0 Å². The van der Waals surface area contributed by atoms with Crippen molar-refractivity contribution in [3.63, 3.8) is 0 Å². The van der Waals surface area contributed by atoms with Crippen molar-refractivity contribution in [1.82, 2.24) is 15.2 Å². The second-order valence-electron chi connectivity index (χ2n) is 4.88. The number of aromatic nitrogens is 1. The lowest BCUT2D eigenvalue weighted by atomic mass is 9.95. The highest BCUT2D eigenvalue weighted by molar-refractivity contribution is 5.74. The van der Waals surface area contributed by atoms with E-state index >= 15 is 0 Å². The average molecular weight is 247 g/mol. The van der Waals surface area contributed by atoms with Gasteiger partial charge in [-0.25, -0.2) is 4.79 Å². The molecule has 0 aliphatic heterocycles. The van der Waals surface area contributed by atoms with E-state index in [9.17, 15) is 4.79 Å². The van der Waals surface area contributed by atoms with Crippen molar-refractivity contribution >= 4 is 6.03 Å². The summed E-state index contributed by atoms with van der Waals surface area (Å²) < 4.78 is 0. The maximum absolute atomic E-state index is 12.0. The third-order valence-corrected chi connectivity index (χ3v) is 3.59. The summed E-state index contributed by atoms with van der Waals surface area (Å²) in [5.41, 5.74) is 0.892. The number of hydrogen-bond acceptors (Lipinski definition) is 2. The molecule has 2 amide bonds. The van der Waals surface area contributed by atoms with E-state index in [0.29, 0.717) is 12.6 Å². The van der Waals surface area contributed by atoms with Crippen molar-refractivity contribution in [2.24, 2.45) is 0 Å². The van der Waals surface area contributed by atoms with Gasteiger partial charge in [0.25, 0.3) is 0 Å². The highest BCUT2D eigenvalue weighted by Gasteiger charge is 2.21. The van der Waals surface area contributed by atoms with Crippen LogP contribution in [0.15, 0.2) is 24.4 Å². The molecule has 2 rings (SSSR count). The molecule has 4 heteroatoms. The molecule has 1 aromatic heterocycles. The van der Waals surface area contributed by atoms with E-state index < -0.39 is 0 Å². The molecule has 18 heavy (non-hydrogen) atoms. The standard InChI is InChI=1S/C14H21N3O/c1-17(13-8-3-2-4-9-13)14(18)16-11-12-7-5-6-10-15-12/h5-7,10,13H,2-4,8-9,11H2,1H3,(H,16,18). The first kappa shape index (κ1) is 12.9. The van der Waals surface area contributed by atoms with E-state index in [1.165, 1.54) is 19.3 Å². The van der Waals surface area contributed by atoms with E-state index in [-0.39, 0.29) is 6.03 Å². The Morgan fingerprint density at radius 2 is 2.17 bits per heavy atom. The van der Waals surface area contributed by atoms with E-state index in [1.54, 1.807) is 6.20 Å². The number of hydrogen-bond donors (Lipinski definition) is 1. The van der Waals surface area contributed by atoms with Gasteiger partial charge in [-0.05, 0) is 25.0 Å². The van der Waals surface area contributed by atoms with Crippen LogP contribution < -0.4 is 5.32 Å². The molecule has 1 aromatic rings. The minimum Gasteiger partial charge on any atom is -0.332 e. The van der Waals surface area contributed by atoms with Crippen molar-refractivity contribution in [2.75, 3.05) is 7.05 Å². The molecule has 1 aliphatic rings. The molecule has 0 spiro atoms. The predicted octanol–water partition coefficient (Wildman–Crippen LogP) is 2.56. The third-order valence-electron chi connectivity index (χ3n) is 3.59. The van der Waals surface area contributed by atoms with Gasteiger partial charge >= 0.3 is 6.03 Å². The van der Waals surface area contributed by atoms with Crippen LogP contribution in [0.4, 0.5) is 4.79 Å². The summed E-state index contributed by atoms with van der Waals surface area (Å²) in [6.45, 7) is 0.497. The normalized spacial score (nSPS) is 16.3. The molecule has 1 saturated carbocycles. The van der Waals surface area contributed by atoms with Crippen LogP contribution in [0.2, 0.25) is 0 Å². The average Bonchev–Trinajstić information content (AvgIpc) is 2.46. The molecule has 1 N–H and O–H groups in total. The van der Waals surface area contributed by atoms with Gasteiger partial charge in [0.05, 0.1) is 12.2 Å².